The molecular formula is C10H14O6S. The average Bonchev–Trinajstić information content (AvgIpc) is 2.19. The Kier molecular flexibility index (Phi) is 3.65. The molecule has 0 aliphatic rings. The zero-order chi connectivity index (χ0) is 13.3. The smallest absolute Gasteiger partial charge is 0.295 e. The molecule has 17 heavy (non-hydrogen) atoms. The Hall–Kier alpha value is -1.31. The van der Waals surface area contributed by atoms with Gasteiger partial charge in [0, 0.05) is 6.42 Å². The molecule has 0 bridgehead atoms. The van der Waals surface area contributed by atoms with Crippen LogP contribution in [0.3, 0.4) is 0 Å². The fourth-order valence-corrected chi connectivity index (χ4v) is 1.65. The van der Waals surface area contributed by atoms with Crippen molar-refractivity contribution < 1.29 is 27.9 Å². The molecule has 0 saturated heterocycles. The Morgan fingerprint density at radius 2 is 2.00 bits per heavy atom. The van der Waals surface area contributed by atoms with Gasteiger partial charge in [0.25, 0.3) is 10.1 Å². The van der Waals surface area contributed by atoms with E-state index in [1.807, 2.05) is 0 Å². The molecule has 3 N–H and O–H groups in total. The van der Waals surface area contributed by atoms with E-state index in [2.05, 4.69) is 0 Å². The van der Waals surface area contributed by atoms with E-state index in [-0.39, 0.29) is 17.9 Å². The van der Waals surface area contributed by atoms with Crippen LogP contribution >= 0.6 is 0 Å². The zero-order valence-electron chi connectivity index (χ0n) is 9.41. The highest BCUT2D eigenvalue weighted by atomic mass is 32.2. The lowest BCUT2D eigenvalue weighted by Gasteiger charge is -2.19. The minimum Gasteiger partial charge on any atom is -0.504 e. The summed E-state index contributed by atoms with van der Waals surface area (Å²) in [6.45, 7) is 0.988. The highest BCUT2D eigenvalue weighted by molar-refractivity contribution is 7.87. The Morgan fingerprint density at radius 1 is 1.41 bits per heavy atom. The zero-order valence-corrected chi connectivity index (χ0v) is 10.2. The lowest BCUT2D eigenvalue weighted by molar-refractivity contribution is 0.132. The van der Waals surface area contributed by atoms with Gasteiger partial charge in [-0.3, -0.25) is 4.55 Å². The summed E-state index contributed by atoms with van der Waals surface area (Å²) in [4.78, 5) is -2.28. The van der Waals surface area contributed by atoms with Crippen molar-refractivity contribution in [3.05, 3.63) is 23.8 Å². The second-order valence-electron chi connectivity index (χ2n) is 3.83. The van der Waals surface area contributed by atoms with Gasteiger partial charge in [-0.2, -0.15) is 8.42 Å². The van der Waals surface area contributed by atoms with E-state index in [9.17, 15) is 18.6 Å². The first-order chi connectivity index (χ1) is 7.67. The van der Waals surface area contributed by atoms with Crippen LogP contribution in [0.5, 0.6) is 11.5 Å². The largest absolute Gasteiger partial charge is 0.504 e. The number of hydrogen-bond acceptors (Lipinski definition) is 5. The summed E-state index contributed by atoms with van der Waals surface area (Å²) in [5.74, 6) is 0.0661. The minimum absolute atomic E-state index is 0.0947. The second-order valence-corrected chi connectivity index (χ2v) is 5.66. The lowest BCUT2D eigenvalue weighted by Crippen LogP contribution is -2.36. The SMILES string of the molecule is COc1cc(C[C@](C)(O)S(=O)(=O)O)ccc1O. The van der Waals surface area contributed by atoms with E-state index in [1.165, 1.54) is 25.3 Å². The van der Waals surface area contributed by atoms with Crippen molar-refractivity contribution in [1.82, 2.24) is 0 Å². The van der Waals surface area contributed by atoms with Gasteiger partial charge in [-0.15, -0.1) is 0 Å². The molecule has 0 spiro atoms. The Labute approximate surface area is 99.2 Å². The molecule has 0 fully saturated rings. The molecule has 0 saturated carbocycles. The maximum atomic E-state index is 10.9. The summed E-state index contributed by atoms with van der Waals surface area (Å²) in [7, 11) is -3.23. The molecule has 7 heteroatoms. The van der Waals surface area contributed by atoms with Crippen molar-refractivity contribution in [2.24, 2.45) is 0 Å². The molecule has 0 aliphatic heterocycles. The predicted octanol–water partition coefficient (Wildman–Crippen LogP) is 0.540. The van der Waals surface area contributed by atoms with Gasteiger partial charge in [-0.05, 0) is 24.6 Å². The van der Waals surface area contributed by atoms with E-state index < -0.39 is 15.1 Å². The van der Waals surface area contributed by atoms with E-state index in [1.54, 1.807) is 0 Å². The van der Waals surface area contributed by atoms with Gasteiger partial charge in [0.2, 0.25) is 0 Å². The number of aliphatic hydroxyl groups is 1. The molecule has 96 valence electrons. The quantitative estimate of drug-likeness (QED) is 0.684. The number of rotatable bonds is 4. The van der Waals surface area contributed by atoms with E-state index >= 15 is 0 Å². The van der Waals surface area contributed by atoms with Gasteiger partial charge in [0.1, 0.15) is 0 Å². The molecule has 0 radical (unpaired) electrons. The number of methoxy groups -OCH3 is 1. The van der Waals surface area contributed by atoms with Crippen LogP contribution in [0.2, 0.25) is 0 Å². The number of hydrogen-bond donors (Lipinski definition) is 3. The van der Waals surface area contributed by atoms with Gasteiger partial charge in [0.15, 0.2) is 16.4 Å². The van der Waals surface area contributed by atoms with Crippen molar-refractivity contribution in [2.75, 3.05) is 7.11 Å². The monoisotopic (exact) mass is 262 g/mol. The molecule has 6 nitrogen and oxygen atoms in total. The number of phenolic OH excluding ortho intramolecular Hbond substituents is 1. The van der Waals surface area contributed by atoms with Crippen molar-refractivity contribution in [2.45, 2.75) is 18.3 Å². The van der Waals surface area contributed by atoms with E-state index in [4.69, 9.17) is 9.29 Å². The molecule has 1 aromatic rings. The number of phenols is 1. The topological polar surface area (TPSA) is 104 Å². The van der Waals surface area contributed by atoms with Crippen LogP contribution in [0, 0.1) is 0 Å². The summed E-state index contributed by atoms with van der Waals surface area (Å²) < 4.78 is 35.5. The van der Waals surface area contributed by atoms with Crippen molar-refractivity contribution >= 4 is 10.1 Å². The fourth-order valence-electron chi connectivity index (χ4n) is 1.30. The molecule has 0 heterocycles. The van der Waals surface area contributed by atoms with Gasteiger partial charge < -0.3 is 14.9 Å². The molecule has 0 unspecified atom stereocenters. The van der Waals surface area contributed by atoms with E-state index in [0.717, 1.165) is 6.92 Å². The van der Waals surface area contributed by atoms with Gasteiger partial charge in [0.05, 0.1) is 7.11 Å². The first kappa shape index (κ1) is 13.8. The molecule has 0 aromatic heterocycles. The van der Waals surface area contributed by atoms with Gasteiger partial charge in [-0.25, -0.2) is 0 Å². The normalized spacial score (nSPS) is 15.3. The summed E-state index contributed by atoms with van der Waals surface area (Å²) in [6.07, 6.45) is -0.317. The maximum absolute atomic E-state index is 10.9. The molecule has 0 amide bonds. The third-order valence-electron chi connectivity index (χ3n) is 2.33. The Balaban J connectivity index is 3.05. The third-order valence-corrected chi connectivity index (χ3v) is 3.59. The third kappa shape index (κ3) is 3.09. The predicted molar refractivity (Wildman–Crippen MR) is 60.5 cm³/mol. The first-order valence-corrected chi connectivity index (χ1v) is 6.16. The summed E-state index contributed by atoms with van der Waals surface area (Å²) in [5.41, 5.74) is 0.405. The highest BCUT2D eigenvalue weighted by Crippen LogP contribution is 2.28. The molecule has 1 aromatic carbocycles. The van der Waals surface area contributed by atoms with Crippen LogP contribution in [0.25, 0.3) is 0 Å². The summed E-state index contributed by atoms with van der Waals surface area (Å²) in [6, 6.07) is 4.13. The standard InChI is InChI=1S/C10H14O6S/c1-10(12,17(13,14)15)6-7-3-4-8(11)9(5-7)16-2/h3-5,11-12H,6H2,1-2H3,(H,13,14,15)/t10-/m1/s1. The van der Waals surface area contributed by atoms with Crippen molar-refractivity contribution in [1.29, 1.82) is 0 Å². The molecule has 0 aliphatic carbocycles. The first-order valence-electron chi connectivity index (χ1n) is 4.72. The van der Waals surface area contributed by atoms with Crippen molar-refractivity contribution in [3.8, 4) is 11.5 Å². The Bertz CT molecular complexity index is 506. The van der Waals surface area contributed by atoms with Crippen LogP contribution < -0.4 is 4.74 Å². The second kappa shape index (κ2) is 4.52. The lowest BCUT2D eigenvalue weighted by atomic mass is 10.1. The van der Waals surface area contributed by atoms with Crippen molar-refractivity contribution in [3.63, 3.8) is 0 Å². The van der Waals surface area contributed by atoms with Crippen LogP contribution in [-0.4, -0.2) is 35.2 Å². The molecule has 1 atom stereocenters. The average molecular weight is 262 g/mol. The number of benzene rings is 1. The summed E-state index contributed by atoms with van der Waals surface area (Å²) in [5, 5.41) is 18.9. The van der Waals surface area contributed by atoms with Gasteiger partial charge >= 0.3 is 0 Å². The summed E-state index contributed by atoms with van der Waals surface area (Å²) >= 11 is 0. The molecular weight excluding hydrogens is 248 g/mol. The van der Waals surface area contributed by atoms with Gasteiger partial charge in [-0.1, -0.05) is 6.07 Å². The number of ether oxygens (including phenoxy) is 1. The van der Waals surface area contributed by atoms with E-state index in [0.29, 0.717) is 5.56 Å². The number of aromatic hydroxyl groups is 1. The van der Waals surface area contributed by atoms with Crippen LogP contribution in [-0.2, 0) is 16.5 Å². The maximum Gasteiger partial charge on any atom is 0.295 e. The van der Waals surface area contributed by atoms with Crippen LogP contribution in [0.4, 0.5) is 0 Å². The molecule has 1 rings (SSSR count). The van der Waals surface area contributed by atoms with Crippen LogP contribution in [0.15, 0.2) is 18.2 Å². The highest BCUT2D eigenvalue weighted by Gasteiger charge is 2.35. The Morgan fingerprint density at radius 3 is 2.47 bits per heavy atom. The fraction of sp³-hybridized carbons (Fsp3) is 0.400. The van der Waals surface area contributed by atoms with Crippen LogP contribution in [0.1, 0.15) is 12.5 Å². The minimum atomic E-state index is -4.58.